The van der Waals surface area contributed by atoms with E-state index >= 15 is 0 Å². The molecule has 6 nitrogen and oxygen atoms in total. The van der Waals surface area contributed by atoms with Gasteiger partial charge in [0.2, 0.25) is 0 Å². The van der Waals surface area contributed by atoms with Crippen LogP contribution < -0.4 is 11.2 Å². The van der Waals surface area contributed by atoms with Gasteiger partial charge < -0.3 is 5.11 Å². The molecule has 0 bridgehead atoms. The first-order valence-electron chi connectivity index (χ1n) is 4.95. The van der Waals surface area contributed by atoms with E-state index in [1.165, 1.54) is 12.1 Å². The lowest BCUT2D eigenvalue weighted by Crippen LogP contribution is -2.32. The normalized spacial score (nSPS) is 10.4. The highest BCUT2D eigenvalue weighted by Gasteiger charge is 2.14. The van der Waals surface area contributed by atoms with Crippen molar-refractivity contribution in [1.82, 2.24) is 9.55 Å². The lowest BCUT2D eigenvalue weighted by molar-refractivity contribution is 0.0694. The van der Waals surface area contributed by atoms with Gasteiger partial charge in [-0.1, -0.05) is 15.9 Å². The highest BCUT2D eigenvalue weighted by Crippen LogP contribution is 2.17. The number of carbonyl (C=O) groups is 1. The molecule has 0 unspecified atom stereocenters. The second-order valence-electron chi connectivity index (χ2n) is 3.57. The smallest absolute Gasteiger partial charge is 0.342 e. The molecule has 0 saturated heterocycles. The highest BCUT2D eigenvalue weighted by molar-refractivity contribution is 9.10. The van der Waals surface area contributed by atoms with Crippen LogP contribution in [-0.2, 0) is 0 Å². The van der Waals surface area contributed by atoms with Crippen LogP contribution in [0.4, 0.5) is 4.39 Å². The summed E-state index contributed by atoms with van der Waals surface area (Å²) >= 11 is 3.06. The van der Waals surface area contributed by atoms with Crippen LogP contribution in [0.15, 0.2) is 38.5 Å². The molecule has 0 atom stereocenters. The summed E-state index contributed by atoms with van der Waals surface area (Å²) < 4.78 is 14.9. The summed E-state index contributed by atoms with van der Waals surface area (Å²) in [4.78, 5) is 35.5. The van der Waals surface area contributed by atoms with Crippen LogP contribution >= 0.6 is 15.9 Å². The summed E-state index contributed by atoms with van der Waals surface area (Å²) in [6.07, 6.45) is 0.788. The molecule has 19 heavy (non-hydrogen) atoms. The minimum Gasteiger partial charge on any atom is -0.477 e. The number of carboxylic acids is 1. The van der Waals surface area contributed by atoms with Gasteiger partial charge in [0.25, 0.3) is 5.56 Å². The monoisotopic (exact) mass is 328 g/mol. The molecule has 0 spiro atoms. The van der Waals surface area contributed by atoms with E-state index in [-0.39, 0.29) is 5.69 Å². The topological polar surface area (TPSA) is 92.2 Å². The number of nitrogens with zero attached hydrogens (tertiary/aromatic N) is 1. The molecule has 1 aromatic heterocycles. The zero-order chi connectivity index (χ0) is 14.2. The number of benzene rings is 1. The molecule has 0 fully saturated rings. The van der Waals surface area contributed by atoms with Gasteiger partial charge in [0.15, 0.2) is 0 Å². The molecule has 2 N–H and O–H groups in total. The molecule has 1 heterocycles. The Morgan fingerprint density at radius 3 is 2.63 bits per heavy atom. The number of halogens is 2. The van der Waals surface area contributed by atoms with Crippen LogP contribution in [0.5, 0.6) is 0 Å². The van der Waals surface area contributed by atoms with E-state index in [0.29, 0.717) is 4.47 Å². The fourth-order valence-corrected chi connectivity index (χ4v) is 1.81. The molecule has 0 aliphatic carbocycles. The van der Waals surface area contributed by atoms with Crippen molar-refractivity contribution in [3.63, 3.8) is 0 Å². The fourth-order valence-electron chi connectivity index (χ4n) is 1.48. The lowest BCUT2D eigenvalue weighted by atomic mass is 10.3. The third-order valence-corrected chi connectivity index (χ3v) is 2.84. The van der Waals surface area contributed by atoms with Crippen molar-refractivity contribution in [2.45, 2.75) is 0 Å². The van der Waals surface area contributed by atoms with Crippen molar-refractivity contribution in [3.8, 4) is 5.69 Å². The van der Waals surface area contributed by atoms with Gasteiger partial charge in [-0.2, -0.15) is 0 Å². The van der Waals surface area contributed by atoms with Gasteiger partial charge in [-0.15, -0.1) is 0 Å². The Labute approximate surface area is 113 Å². The van der Waals surface area contributed by atoms with Crippen LogP contribution in [-0.4, -0.2) is 20.6 Å². The second kappa shape index (κ2) is 4.81. The SMILES string of the molecule is O=C(O)c1cn(-c2ccc(Br)cc2F)c(=O)[nH]c1=O. The van der Waals surface area contributed by atoms with Gasteiger partial charge in [-0.3, -0.25) is 14.3 Å². The van der Waals surface area contributed by atoms with E-state index in [2.05, 4.69) is 15.9 Å². The average Bonchev–Trinajstić information content (AvgIpc) is 2.30. The predicted octanol–water partition coefficient (Wildman–Crippen LogP) is 1.13. The first kappa shape index (κ1) is 13.2. The van der Waals surface area contributed by atoms with E-state index in [4.69, 9.17) is 5.11 Å². The molecule has 98 valence electrons. The van der Waals surface area contributed by atoms with Crippen molar-refractivity contribution >= 4 is 21.9 Å². The van der Waals surface area contributed by atoms with Crippen LogP contribution in [0.1, 0.15) is 10.4 Å². The largest absolute Gasteiger partial charge is 0.477 e. The van der Waals surface area contributed by atoms with Crippen molar-refractivity contribution < 1.29 is 14.3 Å². The Kier molecular flexibility index (Phi) is 3.34. The molecule has 2 rings (SSSR count). The van der Waals surface area contributed by atoms with Gasteiger partial charge in [0, 0.05) is 10.7 Å². The van der Waals surface area contributed by atoms with E-state index in [1.54, 1.807) is 0 Å². The third kappa shape index (κ3) is 2.48. The van der Waals surface area contributed by atoms with Gasteiger partial charge in [-0.05, 0) is 18.2 Å². The number of carboxylic acid groups (broad SMARTS) is 1. The predicted molar refractivity (Wildman–Crippen MR) is 67.3 cm³/mol. The van der Waals surface area contributed by atoms with E-state index in [9.17, 15) is 18.8 Å². The summed E-state index contributed by atoms with van der Waals surface area (Å²) in [5.74, 6) is -2.24. The number of aromatic amines is 1. The standard InChI is InChI=1S/C11H6BrFN2O4/c12-5-1-2-8(7(13)3-5)15-4-6(10(17)18)9(16)14-11(15)19/h1-4H,(H,17,18)(H,14,16,19). The number of hydrogen-bond donors (Lipinski definition) is 2. The van der Waals surface area contributed by atoms with Crippen LogP contribution in [0.3, 0.4) is 0 Å². The average molecular weight is 329 g/mol. The number of nitrogens with one attached hydrogen (secondary N) is 1. The van der Waals surface area contributed by atoms with Crippen LogP contribution in [0.25, 0.3) is 5.69 Å². The number of aromatic nitrogens is 2. The molecule has 1 aromatic carbocycles. The molecule has 2 aromatic rings. The number of aromatic carboxylic acids is 1. The maximum absolute atomic E-state index is 13.7. The van der Waals surface area contributed by atoms with E-state index < -0.39 is 28.6 Å². The van der Waals surface area contributed by atoms with Gasteiger partial charge in [0.05, 0.1) is 5.69 Å². The van der Waals surface area contributed by atoms with Gasteiger partial charge in [-0.25, -0.2) is 14.0 Å². The zero-order valence-electron chi connectivity index (χ0n) is 9.18. The van der Waals surface area contributed by atoms with Crippen molar-refractivity contribution in [3.05, 3.63) is 61.1 Å². The van der Waals surface area contributed by atoms with E-state index in [1.807, 2.05) is 4.98 Å². The quantitative estimate of drug-likeness (QED) is 0.864. The lowest BCUT2D eigenvalue weighted by Gasteiger charge is -2.07. The van der Waals surface area contributed by atoms with Crippen LogP contribution in [0, 0.1) is 5.82 Å². The minimum absolute atomic E-state index is 0.160. The number of rotatable bonds is 2. The third-order valence-electron chi connectivity index (χ3n) is 2.34. The van der Waals surface area contributed by atoms with Crippen molar-refractivity contribution in [2.75, 3.05) is 0 Å². The Morgan fingerprint density at radius 1 is 1.37 bits per heavy atom. The Hall–Kier alpha value is -2.22. The Morgan fingerprint density at radius 2 is 2.05 bits per heavy atom. The van der Waals surface area contributed by atoms with Crippen LogP contribution in [0.2, 0.25) is 0 Å². The maximum Gasteiger partial charge on any atom is 0.342 e. The van der Waals surface area contributed by atoms with Gasteiger partial charge in [0.1, 0.15) is 11.4 Å². The summed E-state index contributed by atoms with van der Waals surface area (Å²) in [7, 11) is 0. The molecule has 0 amide bonds. The maximum atomic E-state index is 13.7. The zero-order valence-corrected chi connectivity index (χ0v) is 10.8. The van der Waals surface area contributed by atoms with Crippen molar-refractivity contribution in [1.29, 1.82) is 0 Å². The summed E-state index contributed by atoms with van der Waals surface area (Å²) in [5, 5.41) is 8.80. The first-order chi connectivity index (χ1) is 8.90. The first-order valence-corrected chi connectivity index (χ1v) is 5.74. The fraction of sp³-hybridized carbons (Fsp3) is 0. The molecule has 0 aliphatic rings. The minimum atomic E-state index is -1.51. The second-order valence-corrected chi connectivity index (χ2v) is 4.49. The molecule has 0 radical (unpaired) electrons. The van der Waals surface area contributed by atoms with E-state index in [0.717, 1.165) is 16.8 Å². The molecule has 0 aliphatic heterocycles. The molecular formula is C11H6BrFN2O4. The summed E-state index contributed by atoms with van der Waals surface area (Å²) in [5.41, 5.74) is -2.77. The van der Waals surface area contributed by atoms with Crippen molar-refractivity contribution in [2.24, 2.45) is 0 Å². The molecule has 0 saturated carbocycles. The number of hydrogen-bond acceptors (Lipinski definition) is 3. The Bertz CT molecular complexity index is 781. The van der Waals surface area contributed by atoms with Gasteiger partial charge >= 0.3 is 11.7 Å². The molecular weight excluding hydrogens is 323 g/mol. The number of H-pyrrole nitrogens is 1. The summed E-state index contributed by atoms with van der Waals surface area (Å²) in [6.45, 7) is 0. The highest BCUT2D eigenvalue weighted by atomic mass is 79.9. The summed E-state index contributed by atoms with van der Waals surface area (Å²) in [6, 6.07) is 3.88. The molecule has 8 heteroatoms. The Balaban J connectivity index is 2.75.